The van der Waals surface area contributed by atoms with Crippen molar-refractivity contribution in [1.29, 1.82) is 0 Å². The van der Waals surface area contributed by atoms with Crippen LogP contribution in [0.2, 0.25) is 0 Å². The highest BCUT2D eigenvalue weighted by Crippen LogP contribution is 2.24. The van der Waals surface area contributed by atoms with Crippen molar-refractivity contribution in [2.24, 2.45) is 0 Å². The molecule has 0 fully saturated rings. The summed E-state index contributed by atoms with van der Waals surface area (Å²) in [5.74, 6) is 5.88. The Morgan fingerprint density at radius 3 is 2.55 bits per heavy atom. The van der Waals surface area contributed by atoms with Gasteiger partial charge in [-0.25, -0.2) is 9.50 Å². The number of hydrogen-bond acceptors (Lipinski definition) is 6. The third kappa shape index (κ3) is 4.44. The van der Waals surface area contributed by atoms with Crippen LogP contribution in [-0.2, 0) is 0 Å². The molecular weight excluding hydrogens is 502 g/mol. The molecule has 194 valence electrons. The fourth-order valence-electron chi connectivity index (χ4n) is 4.68. The van der Waals surface area contributed by atoms with Gasteiger partial charge >= 0.3 is 0 Å². The van der Waals surface area contributed by atoms with Gasteiger partial charge in [0.2, 0.25) is 0 Å². The van der Waals surface area contributed by atoms with Crippen molar-refractivity contribution >= 4 is 28.1 Å². The van der Waals surface area contributed by atoms with E-state index in [-0.39, 0.29) is 17.1 Å². The number of rotatable bonds is 4. The van der Waals surface area contributed by atoms with Gasteiger partial charge in [-0.15, -0.1) is 0 Å². The molecule has 0 radical (unpaired) electrons. The van der Waals surface area contributed by atoms with Gasteiger partial charge in [0, 0.05) is 41.1 Å². The van der Waals surface area contributed by atoms with Crippen molar-refractivity contribution in [3.8, 4) is 17.5 Å². The predicted molar refractivity (Wildman–Crippen MR) is 153 cm³/mol. The molecule has 1 amide bonds. The number of carbonyl (C=O) groups is 1. The zero-order valence-corrected chi connectivity index (χ0v) is 21.4. The molecule has 0 bridgehead atoms. The van der Waals surface area contributed by atoms with E-state index in [9.17, 15) is 9.59 Å². The molecule has 40 heavy (non-hydrogen) atoms. The number of carbonyl (C=O) groups excluding carboxylic acids is 1. The van der Waals surface area contributed by atoms with E-state index in [2.05, 4.69) is 32.2 Å². The number of imidazole rings is 1. The van der Waals surface area contributed by atoms with Gasteiger partial charge in [0.1, 0.15) is 0 Å². The monoisotopic (exact) mass is 525 g/mol. The van der Waals surface area contributed by atoms with Crippen LogP contribution in [0.25, 0.3) is 22.1 Å². The molecule has 9 nitrogen and oxygen atoms in total. The molecule has 6 rings (SSSR count). The van der Waals surface area contributed by atoms with Gasteiger partial charge in [0.05, 0.1) is 11.4 Å². The molecule has 2 aromatic carbocycles. The number of nitrogens with zero attached hydrogens (tertiary/aromatic N) is 5. The van der Waals surface area contributed by atoms with Crippen molar-refractivity contribution in [2.45, 2.75) is 13.0 Å². The molecule has 4 aromatic heterocycles. The van der Waals surface area contributed by atoms with E-state index < -0.39 is 11.9 Å². The largest absolute Gasteiger partial charge is 0.382 e. The first kappa shape index (κ1) is 24.6. The zero-order valence-electron chi connectivity index (χ0n) is 21.4. The quantitative estimate of drug-likeness (QED) is 0.337. The molecule has 0 spiro atoms. The number of pyridine rings is 2. The molecule has 0 aliphatic heterocycles. The minimum Gasteiger partial charge on any atom is -0.382 e. The summed E-state index contributed by atoms with van der Waals surface area (Å²) in [5.41, 5.74) is 9.09. The van der Waals surface area contributed by atoms with E-state index in [0.29, 0.717) is 33.4 Å². The lowest BCUT2D eigenvalue weighted by Crippen LogP contribution is -2.33. The van der Waals surface area contributed by atoms with Crippen LogP contribution in [0.15, 0.2) is 102 Å². The fraction of sp³-hybridized carbons (Fsp3) is 0.0645. The highest BCUT2D eigenvalue weighted by Gasteiger charge is 2.23. The van der Waals surface area contributed by atoms with E-state index in [0.717, 1.165) is 5.56 Å². The normalized spacial score (nSPS) is 11.6. The Bertz CT molecular complexity index is 2000. The van der Waals surface area contributed by atoms with Crippen LogP contribution >= 0.6 is 0 Å². The Labute approximate surface area is 228 Å². The first-order chi connectivity index (χ1) is 19.5. The average molecular weight is 526 g/mol. The average Bonchev–Trinajstić information content (AvgIpc) is 3.32. The standard InChI is InChI=1S/C31H23N7O2/c1-20(35-30(39)28-29(32)36-26-11-6-16-34-38(26)28)25-19-23-8-5-7-22(13-12-21-14-17-33-18-15-21)27(23)31(40)37(25)24-9-3-2-4-10-24/h2-11,14-20H,32H2,1H3,(H,35,39)/t20-/m0/s1. The van der Waals surface area contributed by atoms with Crippen molar-refractivity contribution in [3.63, 3.8) is 0 Å². The number of hydrogen-bond donors (Lipinski definition) is 2. The van der Waals surface area contributed by atoms with Gasteiger partial charge in [-0.1, -0.05) is 42.2 Å². The molecule has 0 saturated carbocycles. The maximum atomic E-state index is 14.2. The lowest BCUT2D eigenvalue weighted by molar-refractivity contribution is 0.0932. The number of nitrogens with one attached hydrogen (secondary N) is 1. The molecule has 1 atom stereocenters. The first-order valence-corrected chi connectivity index (χ1v) is 12.6. The summed E-state index contributed by atoms with van der Waals surface area (Å²) < 4.78 is 3.01. The predicted octanol–water partition coefficient (Wildman–Crippen LogP) is 3.90. The van der Waals surface area contributed by atoms with Crippen LogP contribution in [0, 0.1) is 11.8 Å². The number of anilines is 1. The van der Waals surface area contributed by atoms with Gasteiger partial charge in [-0.05, 0) is 60.8 Å². The SMILES string of the molecule is C[C@H](NC(=O)c1c(N)nc2cccnn12)c1cc2cccc(C#Cc3ccncc3)c2c(=O)n1-c1ccccc1. The lowest BCUT2D eigenvalue weighted by atomic mass is 10.0. The van der Waals surface area contributed by atoms with E-state index >= 15 is 0 Å². The summed E-state index contributed by atoms with van der Waals surface area (Å²) in [6, 6.07) is 23.3. The third-order valence-corrected chi connectivity index (χ3v) is 6.54. The summed E-state index contributed by atoms with van der Waals surface area (Å²) >= 11 is 0. The molecule has 3 N–H and O–H groups in total. The van der Waals surface area contributed by atoms with Crippen molar-refractivity contribution in [2.75, 3.05) is 5.73 Å². The smallest absolute Gasteiger partial charge is 0.274 e. The molecule has 0 saturated heterocycles. The molecule has 6 aromatic rings. The van der Waals surface area contributed by atoms with Crippen molar-refractivity contribution in [3.05, 3.63) is 130 Å². The van der Waals surface area contributed by atoms with Crippen molar-refractivity contribution < 1.29 is 4.79 Å². The summed E-state index contributed by atoms with van der Waals surface area (Å²) in [6.07, 6.45) is 4.90. The Balaban J connectivity index is 1.48. The van der Waals surface area contributed by atoms with Crippen LogP contribution < -0.4 is 16.6 Å². The Morgan fingerprint density at radius 2 is 1.75 bits per heavy atom. The number of amides is 1. The number of benzene rings is 2. The van der Waals surface area contributed by atoms with E-state index in [1.165, 1.54) is 4.52 Å². The highest BCUT2D eigenvalue weighted by atomic mass is 16.2. The topological polar surface area (TPSA) is 120 Å². The Morgan fingerprint density at radius 1 is 0.950 bits per heavy atom. The molecule has 0 aliphatic carbocycles. The van der Waals surface area contributed by atoms with E-state index in [4.69, 9.17) is 5.73 Å². The second kappa shape index (κ2) is 10.2. The number of fused-ring (bicyclic) bond motifs is 2. The van der Waals surface area contributed by atoms with Gasteiger partial charge in [-0.2, -0.15) is 5.10 Å². The first-order valence-electron chi connectivity index (χ1n) is 12.6. The van der Waals surface area contributed by atoms with Gasteiger partial charge < -0.3 is 11.1 Å². The number of para-hydroxylation sites is 1. The molecule has 4 heterocycles. The fourth-order valence-corrected chi connectivity index (χ4v) is 4.68. The maximum absolute atomic E-state index is 14.2. The number of nitrogens with two attached hydrogens (primary N) is 1. The second-order valence-corrected chi connectivity index (χ2v) is 9.14. The molecular formula is C31H23N7O2. The van der Waals surface area contributed by atoms with Crippen LogP contribution in [0.4, 0.5) is 5.82 Å². The van der Waals surface area contributed by atoms with Gasteiger partial charge in [0.15, 0.2) is 17.2 Å². The summed E-state index contributed by atoms with van der Waals surface area (Å²) in [7, 11) is 0. The third-order valence-electron chi connectivity index (χ3n) is 6.54. The number of nitrogen functional groups attached to an aromatic ring is 1. The highest BCUT2D eigenvalue weighted by molar-refractivity contribution is 5.98. The minimum atomic E-state index is -0.579. The zero-order chi connectivity index (χ0) is 27.6. The van der Waals surface area contributed by atoms with Crippen LogP contribution in [0.1, 0.15) is 40.3 Å². The van der Waals surface area contributed by atoms with E-state index in [1.807, 2.05) is 73.7 Å². The van der Waals surface area contributed by atoms with Crippen LogP contribution in [0.3, 0.4) is 0 Å². The summed E-state index contributed by atoms with van der Waals surface area (Å²) in [5, 5.41) is 8.40. The summed E-state index contributed by atoms with van der Waals surface area (Å²) in [4.78, 5) is 35.8. The molecule has 9 heteroatoms. The van der Waals surface area contributed by atoms with Gasteiger partial charge in [-0.3, -0.25) is 19.1 Å². The van der Waals surface area contributed by atoms with Crippen molar-refractivity contribution in [1.82, 2.24) is 29.5 Å². The summed E-state index contributed by atoms with van der Waals surface area (Å²) in [6.45, 7) is 1.82. The van der Waals surface area contributed by atoms with E-state index in [1.54, 1.807) is 35.3 Å². The minimum absolute atomic E-state index is 0.0692. The van der Waals surface area contributed by atoms with Gasteiger partial charge in [0.25, 0.3) is 11.5 Å². The van der Waals surface area contributed by atoms with Crippen LogP contribution in [-0.4, -0.2) is 30.1 Å². The Kier molecular flexibility index (Phi) is 6.26. The van der Waals surface area contributed by atoms with Crippen LogP contribution in [0.5, 0.6) is 0 Å². The molecule has 0 unspecified atom stereocenters. The second-order valence-electron chi connectivity index (χ2n) is 9.14. The maximum Gasteiger partial charge on any atom is 0.274 e. The molecule has 0 aliphatic rings. The number of aromatic nitrogens is 5. The Hall–Kier alpha value is -5.75. The lowest BCUT2D eigenvalue weighted by Gasteiger charge is -2.21.